The van der Waals surface area contributed by atoms with Crippen molar-refractivity contribution in [1.82, 2.24) is 15.0 Å². The third-order valence-corrected chi connectivity index (χ3v) is 3.46. The van der Waals surface area contributed by atoms with Crippen molar-refractivity contribution in [2.75, 3.05) is 41.8 Å². The van der Waals surface area contributed by atoms with Gasteiger partial charge in [-0.3, -0.25) is 4.21 Å². The second-order valence-corrected chi connectivity index (χ2v) is 5.45. The van der Waals surface area contributed by atoms with E-state index in [9.17, 15) is 4.21 Å². The Kier molecular flexibility index (Phi) is 7.09. The highest BCUT2D eigenvalue weighted by molar-refractivity contribution is 7.84. The normalized spacial score (nSPS) is 11.9. The monoisotopic (exact) mass is 287 g/mol. The van der Waals surface area contributed by atoms with Crippen molar-refractivity contribution in [2.24, 2.45) is 0 Å². The summed E-state index contributed by atoms with van der Waals surface area (Å²) >= 11 is 0. The lowest BCUT2D eigenvalue weighted by atomic mass is 10.7. The summed E-state index contributed by atoms with van der Waals surface area (Å²) in [6, 6.07) is 0.285. The Bertz CT molecular complexity index is 392. The first kappa shape index (κ1) is 15.6. The van der Waals surface area contributed by atoms with Crippen molar-refractivity contribution in [1.29, 1.82) is 0 Å². The Morgan fingerprint density at radius 3 is 2.37 bits per heavy atom. The summed E-state index contributed by atoms with van der Waals surface area (Å²) in [6.07, 6.45) is 0. The van der Waals surface area contributed by atoms with Crippen molar-refractivity contribution in [3.05, 3.63) is 0 Å². The number of anilines is 2. The van der Waals surface area contributed by atoms with Crippen LogP contribution in [-0.4, -0.2) is 50.4 Å². The van der Waals surface area contributed by atoms with Crippen LogP contribution in [0.15, 0.2) is 0 Å². The van der Waals surface area contributed by atoms with Gasteiger partial charge < -0.3 is 15.4 Å². The molecule has 1 aromatic rings. The van der Waals surface area contributed by atoms with Gasteiger partial charge in [0.25, 0.3) is 0 Å². The summed E-state index contributed by atoms with van der Waals surface area (Å²) < 4.78 is 16.6. The van der Waals surface area contributed by atoms with Crippen molar-refractivity contribution in [2.45, 2.75) is 20.8 Å². The number of nitrogens with zero attached hydrogens (tertiary/aromatic N) is 3. The molecule has 0 fully saturated rings. The van der Waals surface area contributed by atoms with Crippen LogP contribution >= 0.6 is 0 Å². The highest BCUT2D eigenvalue weighted by Crippen LogP contribution is 2.10. The Morgan fingerprint density at radius 2 is 1.79 bits per heavy atom. The van der Waals surface area contributed by atoms with Crippen molar-refractivity contribution in [3.63, 3.8) is 0 Å². The SMILES string of the molecule is CCNc1nc(NCCS(=O)CC)nc(OCC)n1. The van der Waals surface area contributed by atoms with Gasteiger partial charge in [0.1, 0.15) is 0 Å². The van der Waals surface area contributed by atoms with Crippen molar-refractivity contribution < 1.29 is 8.95 Å². The molecule has 2 N–H and O–H groups in total. The van der Waals surface area contributed by atoms with Gasteiger partial charge in [0.05, 0.1) is 6.61 Å². The maximum atomic E-state index is 11.3. The number of hydrogen-bond donors (Lipinski definition) is 2. The first-order valence-electron chi connectivity index (χ1n) is 6.41. The van der Waals surface area contributed by atoms with Crippen LogP contribution in [0.5, 0.6) is 6.01 Å². The van der Waals surface area contributed by atoms with Crippen molar-refractivity contribution in [3.8, 4) is 6.01 Å². The van der Waals surface area contributed by atoms with Crippen LogP contribution < -0.4 is 15.4 Å². The van der Waals surface area contributed by atoms with E-state index in [1.54, 1.807) is 0 Å². The average Bonchev–Trinajstić information content (AvgIpc) is 2.39. The Labute approximate surface area is 116 Å². The van der Waals surface area contributed by atoms with Crippen LogP contribution in [0.4, 0.5) is 11.9 Å². The molecular weight excluding hydrogens is 266 g/mol. The lowest BCUT2D eigenvalue weighted by molar-refractivity contribution is 0.312. The molecule has 0 saturated heterocycles. The summed E-state index contributed by atoms with van der Waals surface area (Å²) in [5, 5.41) is 6.05. The lowest BCUT2D eigenvalue weighted by Crippen LogP contribution is -2.15. The zero-order chi connectivity index (χ0) is 14.1. The molecule has 0 spiro atoms. The van der Waals surface area contributed by atoms with Gasteiger partial charge in [-0.1, -0.05) is 6.92 Å². The molecule has 0 aliphatic heterocycles. The highest BCUT2D eigenvalue weighted by Gasteiger charge is 2.06. The summed E-state index contributed by atoms with van der Waals surface area (Å²) in [4.78, 5) is 12.5. The Hall–Kier alpha value is -1.44. The molecule has 0 aromatic carbocycles. The van der Waals surface area contributed by atoms with E-state index >= 15 is 0 Å². The topological polar surface area (TPSA) is 89.0 Å². The predicted molar refractivity (Wildman–Crippen MR) is 77.2 cm³/mol. The summed E-state index contributed by atoms with van der Waals surface area (Å²) in [5.74, 6) is 2.14. The number of hydrogen-bond acceptors (Lipinski definition) is 7. The molecule has 0 radical (unpaired) electrons. The molecule has 1 heterocycles. The first-order valence-corrected chi connectivity index (χ1v) is 7.89. The van der Waals surface area contributed by atoms with E-state index in [-0.39, 0.29) is 6.01 Å². The quantitative estimate of drug-likeness (QED) is 0.697. The smallest absolute Gasteiger partial charge is 0.323 e. The van der Waals surface area contributed by atoms with Gasteiger partial charge in [0.2, 0.25) is 11.9 Å². The Morgan fingerprint density at radius 1 is 1.11 bits per heavy atom. The zero-order valence-corrected chi connectivity index (χ0v) is 12.4. The molecule has 0 aliphatic rings. The van der Waals surface area contributed by atoms with Crippen LogP contribution in [0.1, 0.15) is 20.8 Å². The van der Waals surface area contributed by atoms with Gasteiger partial charge in [0, 0.05) is 35.4 Å². The molecule has 0 saturated carbocycles. The van der Waals surface area contributed by atoms with Gasteiger partial charge in [-0.05, 0) is 13.8 Å². The maximum absolute atomic E-state index is 11.3. The van der Waals surface area contributed by atoms with E-state index in [2.05, 4.69) is 25.6 Å². The maximum Gasteiger partial charge on any atom is 0.323 e. The van der Waals surface area contributed by atoms with E-state index < -0.39 is 10.8 Å². The third-order valence-electron chi connectivity index (χ3n) is 2.16. The largest absolute Gasteiger partial charge is 0.464 e. The molecule has 8 heteroatoms. The van der Waals surface area contributed by atoms with Crippen LogP contribution in [-0.2, 0) is 10.8 Å². The molecule has 0 amide bonds. The van der Waals surface area contributed by atoms with Crippen LogP contribution in [0.25, 0.3) is 0 Å². The molecular formula is C11H21N5O2S. The molecule has 0 bridgehead atoms. The molecule has 1 rings (SSSR count). The van der Waals surface area contributed by atoms with Gasteiger partial charge in [0.15, 0.2) is 0 Å². The van der Waals surface area contributed by atoms with Gasteiger partial charge in [-0.15, -0.1) is 0 Å². The summed E-state index contributed by atoms with van der Waals surface area (Å²) in [7, 11) is -0.799. The van der Waals surface area contributed by atoms with E-state index in [1.807, 2.05) is 20.8 Å². The minimum Gasteiger partial charge on any atom is -0.464 e. The van der Waals surface area contributed by atoms with Gasteiger partial charge >= 0.3 is 6.01 Å². The fourth-order valence-corrected chi connectivity index (χ4v) is 1.91. The van der Waals surface area contributed by atoms with Gasteiger partial charge in [-0.25, -0.2) is 0 Å². The second-order valence-electron chi connectivity index (χ2n) is 3.59. The highest BCUT2D eigenvalue weighted by atomic mass is 32.2. The minimum absolute atomic E-state index is 0.285. The number of rotatable bonds is 9. The lowest BCUT2D eigenvalue weighted by Gasteiger charge is -2.09. The molecule has 1 atom stereocenters. The zero-order valence-electron chi connectivity index (χ0n) is 11.6. The van der Waals surface area contributed by atoms with Crippen molar-refractivity contribution >= 4 is 22.7 Å². The average molecular weight is 287 g/mol. The summed E-state index contributed by atoms with van der Waals surface area (Å²) in [5.41, 5.74) is 0. The minimum atomic E-state index is -0.799. The standard InChI is InChI=1S/C11H21N5O2S/c1-4-12-9-14-10(13-7-8-19(17)6-3)16-11(15-9)18-5-2/h4-8H2,1-3H3,(H2,12,13,14,15,16). The van der Waals surface area contributed by atoms with E-state index in [1.165, 1.54) is 0 Å². The predicted octanol–water partition coefficient (Wildman–Crippen LogP) is 0.883. The molecule has 7 nitrogen and oxygen atoms in total. The molecule has 0 aliphatic carbocycles. The van der Waals surface area contributed by atoms with Crippen LogP contribution in [0.2, 0.25) is 0 Å². The number of ether oxygens (including phenoxy) is 1. The van der Waals surface area contributed by atoms with E-state index in [0.29, 0.717) is 36.6 Å². The Balaban J connectivity index is 2.66. The summed E-state index contributed by atoms with van der Waals surface area (Å²) in [6.45, 7) is 7.50. The third kappa shape index (κ3) is 5.82. The number of aromatic nitrogens is 3. The van der Waals surface area contributed by atoms with Crippen LogP contribution in [0, 0.1) is 0 Å². The fraction of sp³-hybridized carbons (Fsp3) is 0.727. The van der Waals surface area contributed by atoms with Crippen LogP contribution in [0.3, 0.4) is 0 Å². The van der Waals surface area contributed by atoms with E-state index in [0.717, 1.165) is 6.54 Å². The second kappa shape index (κ2) is 8.63. The van der Waals surface area contributed by atoms with E-state index in [4.69, 9.17) is 4.74 Å². The molecule has 1 unspecified atom stereocenters. The molecule has 1 aromatic heterocycles. The molecule has 19 heavy (non-hydrogen) atoms. The number of nitrogens with one attached hydrogen (secondary N) is 2. The van der Waals surface area contributed by atoms with Gasteiger partial charge in [-0.2, -0.15) is 15.0 Å². The molecule has 108 valence electrons. The first-order chi connectivity index (χ1) is 9.19. The fourth-order valence-electron chi connectivity index (χ4n) is 1.29.